The van der Waals surface area contributed by atoms with E-state index in [1.165, 1.54) is 52.8 Å². The number of fused-ring (bicyclic) bond motifs is 4. The van der Waals surface area contributed by atoms with Crippen LogP contribution in [0.2, 0.25) is 0 Å². The minimum atomic E-state index is -0.337. The van der Waals surface area contributed by atoms with E-state index in [0.717, 1.165) is 31.4 Å². The molecule has 1 aliphatic carbocycles. The van der Waals surface area contributed by atoms with Crippen molar-refractivity contribution in [2.24, 2.45) is 10.8 Å². The van der Waals surface area contributed by atoms with Crippen molar-refractivity contribution in [1.82, 2.24) is 4.98 Å². The molecule has 6 rings (SSSR count). The van der Waals surface area contributed by atoms with Gasteiger partial charge in [0.2, 0.25) is 0 Å². The van der Waals surface area contributed by atoms with E-state index in [2.05, 4.69) is 74.5 Å². The van der Waals surface area contributed by atoms with Crippen molar-refractivity contribution < 1.29 is 30.0 Å². The van der Waals surface area contributed by atoms with Crippen molar-refractivity contribution in [2.75, 3.05) is 0 Å². The zero-order valence-electron chi connectivity index (χ0n) is 27.2. The van der Waals surface area contributed by atoms with Crippen molar-refractivity contribution in [3.63, 3.8) is 0 Å². The number of nitrogens with zero attached hydrogens (tertiary/aromatic N) is 1. The number of pyridine rings is 1. The second-order valence-corrected chi connectivity index (χ2v) is 15.3. The van der Waals surface area contributed by atoms with E-state index in [9.17, 15) is 9.90 Å². The van der Waals surface area contributed by atoms with Crippen LogP contribution >= 0.6 is 0 Å². The normalized spacial score (nSPS) is 14.1. The van der Waals surface area contributed by atoms with Crippen LogP contribution in [0.3, 0.4) is 0 Å². The summed E-state index contributed by atoms with van der Waals surface area (Å²) in [7, 11) is 0. The number of hydrogen-bond acceptors (Lipinski definition) is 3. The van der Waals surface area contributed by atoms with Gasteiger partial charge in [0.05, 0.1) is 0 Å². The number of aromatic nitrogens is 1. The van der Waals surface area contributed by atoms with Gasteiger partial charge in [-0.3, -0.25) is 4.79 Å². The predicted octanol–water partition coefficient (Wildman–Crippen LogP) is 10.4. The van der Waals surface area contributed by atoms with Gasteiger partial charge < -0.3 is 5.11 Å². The maximum atomic E-state index is 12.2. The molecule has 0 amide bonds. The molecule has 2 aromatic heterocycles. The van der Waals surface area contributed by atoms with Crippen LogP contribution in [0.25, 0.3) is 41.3 Å². The van der Waals surface area contributed by atoms with Crippen LogP contribution in [0.1, 0.15) is 92.2 Å². The van der Waals surface area contributed by atoms with Gasteiger partial charge in [-0.2, -0.15) is 0 Å². The van der Waals surface area contributed by atoms with Crippen molar-refractivity contribution in [1.29, 1.82) is 0 Å². The molecule has 5 heteroatoms. The summed E-state index contributed by atoms with van der Waals surface area (Å²) < 4.78 is 2.94. The van der Waals surface area contributed by atoms with Crippen LogP contribution in [0.4, 0.5) is 0 Å². The van der Waals surface area contributed by atoms with Gasteiger partial charge in [0.1, 0.15) is 5.76 Å². The molecule has 44 heavy (non-hydrogen) atoms. The number of rotatable bonds is 7. The molecular formula is C39H44IrNO2Se-. The van der Waals surface area contributed by atoms with Crippen LogP contribution in [-0.4, -0.2) is 30.4 Å². The standard InChI is InChI=1S/C24H16NSe.C15H28O2.Ir/c1-24(2)17-8-5-9-18-20(17)21-19(26-18)12-13-25-23(21)16-11-10-14-6-3-4-7-15(14)22(16)24;1-7-14(5,8-2)12(16)11-13(17)15(6,9-3)10-4;/h3-10,12-13H,1-2H3;11,16H,7-10H2,1-6H3;/q-1;;/b;12-11-;. The molecule has 0 aliphatic heterocycles. The Morgan fingerprint density at radius 3 is 2.20 bits per heavy atom. The molecule has 5 aromatic rings. The molecule has 1 N–H and O–H groups in total. The second kappa shape index (κ2) is 13.1. The Labute approximate surface area is 282 Å². The Hall–Kier alpha value is -2.55. The van der Waals surface area contributed by atoms with Gasteiger partial charge in [-0.1, -0.05) is 41.5 Å². The third-order valence-electron chi connectivity index (χ3n) is 10.4. The average molecular weight is 830 g/mol. The molecule has 0 unspecified atom stereocenters. The maximum absolute atomic E-state index is 12.2. The molecule has 1 aliphatic rings. The molecule has 0 bridgehead atoms. The van der Waals surface area contributed by atoms with E-state index in [1.807, 2.05) is 47.7 Å². The number of aliphatic hydroxyl groups excluding tert-OH is 1. The van der Waals surface area contributed by atoms with Gasteiger partial charge >= 0.3 is 158 Å². The van der Waals surface area contributed by atoms with Gasteiger partial charge in [0.25, 0.3) is 0 Å². The predicted molar refractivity (Wildman–Crippen MR) is 183 cm³/mol. The van der Waals surface area contributed by atoms with Gasteiger partial charge in [0.15, 0.2) is 5.78 Å². The van der Waals surface area contributed by atoms with Crippen LogP contribution in [0.5, 0.6) is 0 Å². The first-order chi connectivity index (χ1) is 20.5. The van der Waals surface area contributed by atoms with Crippen LogP contribution < -0.4 is 0 Å². The summed E-state index contributed by atoms with van der Waals surface area (Å²) in [5.41, 5.74) is 4.36. The van der Waals surface area contributed by atoms with Gasteiger partial charge in [-0.25, -0.2) is 0 Å². The molecule has 1 radical (unpaired) electrons. The Balaban J connectivity index is 0.000000218. The summed E-state index contributed by atoms with van der Waals surface area (Å²) in [5.74, 6) is 0.286. The molecule has 0 spiro atoms. The minimum Gasteiger partial charge on any atom is -0.512 e. The van der Waals surface area contributed by atoms with E-state index >= 15 is 0 Å². The number of carbonyl (C=O) groups is 1. The van der Waals surface area contributed by atoms with E-state index in [4.69, 9.17) is 4.98 Å². The minimum absolute atomic E-state index is 0. The van der Waals surface area contributed by atoms with E-state index < -0.39 is 0 Å². The third kappa shape index (κ3) is 5.67. The van der Waals surface area contributed by atoms with Gasteiger partial charge in [0, 0.05) is 37.0 Å². The Bertz CT molecular complexity index is 1860. The van der Waals surface area contributed by atoms with E-state index in [-0.39, 0.29) is 47.9 Å². The Kier molecular flexibility index (Phi) is 10.2. The third-order valence-corrected chi connectivity index (χ3v) is 12.7. The van der Waals surface area contributed by atoms with Crippen molar-refractivity contribution in [2.45, 2.75) is 86.5 Å². The smallest absolute Gasteiger partial charge is 0.164 e. The number of allylic oxidation sites excluding steroid dienone is 2. The van der Waals surface area contributed by atoms with Gasteiger partial charge in [-0.15, -0.1) is 0 Å². The first kappa shape index (κ1) is 34.3. The zero-order valence-corrected chi connectivity index (χ0v) is 31.3. The Morgan fingerprint density at radius 2 is 1.55 bits per heavy atom. The molecule has 0 fully saturated rings. The van der Waals surface area contributed by atoms with Crippen LogP contribution in [0, 0.1) is 16.9 Å². The number of hydrogen-bond donors (Lipinski definition) is 1. The monoisotopic (exact) mass is 831 g/mol. The molecule has 2 heterocycles. The van der Waals surface area contributed by atoms with Crippen LogP contribution in [0.15, 0.2) is 72.6 Å². The zero-order chi connectivity index (χ0) is 31.2. The summed E-state index contributed by atoms with van der Waals surface area (Å²) in [5, 5.41) is 15.5. The van der Waals surface area contributed by atoms with Crippen LogP contribution in [-0.2, 0) is 30.3 Å². The van der Waals surface area contributed by atoms with Crippen molar-refractivity contribution in [3.05, 3.63) is 89.8 Å². The molecular weight excluding hydrogens is 786 g/mol. The second-order valence-electron chi connectivity index (χ2n) is 13.0. The summed E-state index contributed by atoms with van der Waals surface area (Å²) in [6.45, 7) is 16.8. The van der Waals surface area contributed by atoms with Gasteiger partial charge in [-0.05, 0) is 25.7 Å². The fraction of sp³-hybridized carbons (Fsp3) is 0.385. The first-order valence-electron chi connectivity index (χ1n) is 15.7. The fourth-order valence-corrected chi connectivity index (χ4v) is 8.70. The molecule has 3 aromatic carbocycles. The molecule has 0 atom stereocenters. The summed E-state index contributed by atoms with van der Waals surface area (Å²) in [6.07, 6.45) is 6.73. The summed E-state index contributed by atoms with van der Waals surface area (Å²) in [4.78, 5) is 17.0. The summed E-state index contributed by atoms with van der Waals surface area (Å²) >= 11 is 0.364. The van der Waals surface area contributed by atoms with Crippen molar-refractivity contribution in [3.8, 4) is 11.3 Å². The molecule has 3 nitrogen and oxygen atoms in total. The maximum Gasteiger partial charge on any atom is 0.164 e. The average Bonchev–Trinajstić information content (AvgIpc) is 3.38. The SMILES string of the molecule is CC1(C)c2c([c-]cc3ccccc23)-c2nccc3[se]c4cccc1c4c23.CCC(C)(CC)C(=O)/C=C(\O)C(C)(CC)CC.[Ir]. The van der Waals surface area contributed by atoms with E-state index in [1.54, 1.807) is 0 Å². The first-order valence-corrected chi connectivity index (χ1v) is 17.4. The molecule has 0 saturated heterocycles. The largest absolute Gasteiger partial charge is 0.512 e. The molecule has 233 valence electrons. The number of aliphatic hydroxyl groups is 1. The van der Waals surface area contributed by atoms with E-state index in [0.29, 0.717) is 14.5 Å². The Morgan fingerprint density at radius 1 is 0.909 bits per heavy atom. The number of carbonyl (C=O) groups excluding carboxylic acids is 1. The summed E-state index contributed by atoms with van der Waals surface area (Å²) in [6, 6.07) is 23.5. The fourth-order valence-electron chi connectivity index (χ4n) is 6.33. The number of ketones is 1. The quantitative estimate of drug-likeness (QED) is 0.0770. The van der Waals surface area contributed by atoms with Crippen molar-refractivity contribution >= 4 is 50.4 Å². The topological polar surface area (TPSA) is 50.2 Å². The molecule has 0 saturated carbocycles. The number of benzene rings is 3.